The minimum absolute atomic E-state index is 0.0795. The molecular formula is C23H22N4O2S2. The van der Waals surface area contributed by atoms with Gasteiger partial charge >= 0.3 is 0 Å². The highest BCUT2D eigenvalue weighted by atomic mass is 32.1. The van der Waals surface area contributed by atoms with Crippen molar-refractivity contribution in [2.75, 3.05) is 5.32 Å². The fraction of sp³-hybridized carbons (Fsp3) is 0.304. The zero-order valence-electron chi connectivity index (χ0n) is 17.6. The second-order valence-corrected chi connectivity index (χ2v) is 10.0. The fourth-order valence-corrected chi connectivity index (χ4v) is 6.41. The van der Waals surface area contributed by atoms with Crippen molar-refractivity contribution >= 4 is 43.9 Å². The zero-order chi connectivity index (χ0) is 21.7. The molecule has 8 heteroatoms. The number of fused-ring (bicyclic) bond motifs is 3. The fourth-order valence-electron chi connectivity index (χ4n) is 4.48. The normalized spacial score (nSPS) is 13.0. The van der Waals surface area contributed by atoms with Crippen LogP contribution in [0.2, 0.25) is 0 Å². The Labute approximate surface area is 187 Å². The first-order valence-electron chi connectivity index (χ1n) is 10.2. The number of aromatic nitrogens is 3. The number of nitrogens with one attached hydrogen (secondary N) is 1. The van der Waals surface area contributed by atoms with E-state index >= 15 is 0 Å². The molecule has 6 nitrogen and oxygen atoms in total. The molecule has 0 saturated heterocycles. The number of rotatable bonds is 4. The van der Waals surface area contributed by atoms with Crippen LogP contribution in [0.15, 0.2) is 28.6 Å². The molecule has 1 amide bonds. The SMILES string of the molecule is Cc1cc(C)c(-c2csc(NC(=O)Cn3cnc4sc5c(c4c3=O)CCC5)n2)c(C)c1. The Kier molecular flexibility index (Phi) is 4.98. The van der Waals surface area contributed by atoms with E-state index in [0.29, 0.717) is 10.5 Å². The number of thiophene rings is 1. The van der Waals surface area contributed by atoms with Crippen molar-refractivity contribution in [1.82, 2.24) is 14.5 Å². The van der Waals surface area contributed by atoms with Crippen LogP contribution >= 0.6 is 22.7 Å². The molecule has 3 aromatic heterocycles. The van der Waals surface area contributed by atoms with Gasteiger partial charge in [0.15, 0.2) is 5.13 Å². The van der Waals surface area contributed by atoms with Gasteiger partial charge in [0.2, 0.25) is 5.91 Å². The summed E-state index contributed by atoms with van der Waals surface area (Å²) in [4.78, 5) is 36.7. The number of carbonyl (C=O) groups excluding carboxylic acids is 1. The molecule has 4 aromatic rings. The summed E-state index contributed by atoms with van der Waals surface area (Å²) >= 11 is 2.99. The largest absolute Gasteiger partial charge is 0.300 e. The number of amides is 1. The van der Waals surface area contributed by atoms with Crippen molar-refractivity contribution in [3.05, 3.63) is 61.3 Å². The van der Waals surface area contributed by atoms with E-state index in [4.69, 9.17) is 0 Å². The van der Waals surface area contributed by atoms with Crippen LogP contribution < -0.4 is 10.9 Å². The average Bonchev–Trinajstić information content (AvgIpc) is 3.39. The topological polar surface area (TPSA) is 76.9 Å². The third-order valence-electron chi connectivity index (χ3n) is 5.69. The Balaban J connectivity index is 1.36. The molecule has 1 aromatic carbocycles. The van der Waals surface area contributed by atoms with E-state index in [-0.39, 0.29) is 18.0 Å². The maximum Gasteiger partial charge on any atom is 0.262 e. The maximum absolute atomic E-state index is 13.0. The molecule has 1 N–H and O–H groups in total. The summed E-state index contributed by atoms with van der Waals surface area (Å²) in [5.74, 6) is -0.284. The number of hydrogen-bond acceptors (Lipinski definition) is 6. The molecule has 0 saturated carbocycles. The summed E-state index contributed by atoms with van der Waals surface area (Å²) in [6, 6.07) is 4.27. The summed E-state index contributed by atoms with van der Waals surface area (Å²) in [5.41, 5.74) is 6.48. The molecule has 0 atom stereocenters. The third kappa shape index (κ3) is 3.59. The Morgan fingerprint density at radius 3 is 2.74 bits per heavy atom. The highest BCUT2D eigenvalue weighted by Crippen LogP contribution is 2.34. The first-order valence-corrected chi connectivity index (χ1v) is 11.9. The summed E-state index contributed by atoms with van der Waals surface area (Å²) in [7, 11) is 0. The maximum atomic E-state index is 13.0. The number of thiazole rings is 1. The van der Waals surface area contributed by atoms with Crippen molar-refractivity contribution in [3.8, 4) is 11.3 Å². The Morgan fingerprint density at radius 2 is 1.97 bits per heavy atom. The molecule has 0 radical (unpaired) electrons. The van der Waals surface area contributed by atoms with Crippen LogP contribution in [0.1, 0.15) is 33.6 Å². The number of anilines is 1. The van der Waals surface area contributed by atoms with Crippen LogP contribution in [0.3, 0.4) is 0 Å². The lowest BCUT2D eigenvalue weighted by atomic mass is 9.98. The Bertz CT molecular complexity index is 1370. The quantitative estimate of drug-likeness (QED) is 0.492. The molecule has 3 heterocycles. The van der Waals surface area contributed by atoms with Crippen molar-refractivity contribution in [2.24, 2.45) is 0 Å². The van der Waals surface area contributed by atoms with Crippen LogP contribution in [-0.4, -0.2) is 20.4 Å². The van der Waals surface area contributed by atoms with Crippen LogP contribution in [0.25, 0.3) is 21.5 Å². The number of carbonyl (C=O) groups is 1. The molecule has 5 rings (SSSR count). The highest BCUT2D eigenvalue weighted by molar-refractivity contribution is 7.18. The third-order valence-corrected chi connectivity index (χ3v) is 7.65. The lowest BCUT2D eigenvalue weighted by Gasteiger charge is -2.09. The molecule has 1 aliphatic rings. The van der Waals surface area contributed by atoms with E-state index in [0.717, 1.165) is 52.0 Å². The van der Waals surface area contributed by atoms with E-state index in [1.807, 2.05) is 5.38 Å². The van der Waals surface area contributed by atoms with Crippen LogP contribution in [0, 0.1) is 20.8 Å². The molecular weight excluding hydrogens is 428 g/mol. The van der Waals surface area contributed by atoms with Gasteiger partial charge < -0.3 is 5.32 Å². The van der Waals surface area contributed by atoms with E-state index in [9.17, 15) is 9.59 Å². The molecule has 1 aliphatic carbocycles. The lowest BCUT2D eigenvalue weighted by Crippen LogP contribution is -2.27. The molecule has 0 unspecified atom stereocenters. The molecule has 0 aliphatic heterocycles. The average molecular weight is 451 g/mol. The zero-order valence-corrected chi connectivity index (χ0v) is 19.2. The number of aryl methyl sites for hydroxylation is 5. The van der Waals surface area contributed by atoms with E-state index in [1.165, 1.54) is 32.7 Å². The van der Waals surface area contributed by atoms with Crippen molar-refractivity contribution in [2.45, 2.75) is 46.6 Å². The summed E-state index contributed by atoms with van der Waals surface area (Å²) in [6.45, 7) is 6.15. The van der Waals surface area contributed by atoms with Gasteiger partial charge in [-0.2, -0.15) is 0 Å². The van der Waals surface area contributed by atoms with Crippen molar-refractivity contribution < 1.29 is 4.79 Å². The first-order chi connectivity index (χ1) is 14.9. The number of benzene rings is 1. The lowest BCUT2D eigenvalue weighted by molar-refractivity contribution is -0.116. The molecule has 0 fully saturated rings. The standard InChI is InChI=1S/C23H22N4O2S2/c1-12-7-13(2)19(14(3)8-12)16-10-30-23(25-16)26-18(28)9-27-11-24-21-20(22(27)29)15-5-4-6-17(15)31-21/h7-8,10-11H,4-6,9H2,1-3H3,(H,25,26,28). The van der Waals surface area contributed by atoms with Gasteiger partial charge in [-0.25, -0.2) is 9.97 Å². The van der Waals surface area contributed by atoms with Gasteiger partial charge in [0.05, 0.1) is 17.4 Å². The number of nitrogens with zero attached hydrogens (tertiary/aromatic N) is 3. The van der Waals surface area contributed by atoms with Crippen molar-refractivity contribution in [3.63, 3.8) is 0 Å². The van der Waals surface area contributed by atoms with E-state index in [1.54, 1.807) is 11.3 Å². The van der Waals surface area contributed by atoms with Gasteiger partial charge in [-0.1, -0.05) is 17.7 Å². The predicted molar refractivity (Wildman–Crippen MR) is 126 cm³/mol. The van der Waals surface area contributed by atoms with Gasteiger partial charge in [-0.3, -0.25) is 14.2 Å². The Hall–Kier alpha value is -2.84. The molecule has 0 bridgehead atoms. The van der Waals surface area contributed by atoms with Gasteiger partial charge in [-0.15, -0.1) is 22.7 Å². The second kappa shape index (κ2) is 7.69. The van der Waals surface area contributed by atoms with Crippen LogP contribution in [-0.2, 0) is 24.2 Å². The molecule has 0 spiro atoms. The first kappa shape index (κ1) is 20.1. The summed E-state index contributed by atoms with van der Waals surface area (Å²) in [6.07, 6.45) is 4.49. The van der Waals surface area contributed by atoms with Crippen LogP contribution in [0.4, 0.5) is 5.13 Å². The highest BCUT2D eigenvalue weighted by Gasteiger charge is 2.22. The number of hydrogen-bond donors (Lipinski definition) is 1. The van der Waals surface area contributed by atoms with Gasteiger partial charge in [0, 0.05) is 15.8 Å². The van der Waals surface area contributed by atoms with Gasteiger partial charge in [0.1, 0.15) is 11.4 Å². The van der Waals surface area contributed by atoms with E-state index < -0.39 is 0 Å². The predicted octanol–water partition coefficient (Wildman–Crippen LogP) is 4.63. The minimum Gasteiger partial charge on any atom is -0.300 e. The smallest absolute Gasteiger partial charge is 0.262 e. The second-order valence-electron chi connectivity index (χ2n) is 8.07. The van der Waals surface area contributed by atoms with Crippen LogP contribution in [0.5, 0.6) is 0 Å². The summed E-state index contributed by atoms with van der Waals surface area (Å²) < 4.78 is 1.39. The Morgan fingerprint density at radius 1 is 1.19 bits per heavy atom. The van der Waals surface area contributed by atoms with E-state index in [2.05, 4.69) is 48.2 Å². The molecule has 158 valence electrons. The monoisotopic (exact) mass is 450 g/mol. The van der Waals surface area contributed by atoms with Crippen molar-refractivity contribution in [1.29, 1.82) is 0 Å². The molecule has 31 heavy (non-hydrogen) atoms. The van der Waals surface area contributed by atoms with Gasteiger partial charge in [0.25, 0.3) is 5.56 Å². The minimum atomic E-state index is -0.284. The van der Waals surface area contributed by atoms with Gasteiger partial charge in [-0.05, 0) is 56.7 Å². The summed E-state index contributed by atoms with van der Waals surface area (Å²) in [5, 5.41) is 6.00.